The lowest BCUT2D eigenvalue weighted by Gasteiger charge is -2.12. The van der Waals surface area contributed by atoms with Gasteiger partial charge in [-0.3, -0.25) is 4.99 Å². The van der Waals surface area contributed by atoms with E-state index in [-0.39, 0.29) is 0 Å². The molecule has 1 aromatic carbocycles. The summed E-state index contributed by atoms with van der Waals surface area (Å²) >= 11 is 1.74. The highest BCUT2D eigenvalue weighted by atomic mass is 32.1. The van der Waals surface area contributed by atoms with Gasteiger partial charge in [0.25, 0.3) is 0 Å². The highest BCUT2D eigenvalue weighted by Gasteiger charge is 2.01. The number of nitrogens with zero attached hydrogens (tertiary/aromatic N) is 2. The van der Waals surface area contributed by atoms with E-state index in [2.05, 4.69) is 59.6 Å². The Kier molecular flexibility index (Phi) is 8.96. The molecule has 6 heteroatoms. The molecule has 0 atom stereocenters. The fourth-order valence-electron chi connectivity index (χ4n) is 2.46. The standard InChI is InChI=1S/C20H30N4OS/c1-4-13-25-18-8-6-7-17(14-18)9-11-22-20(21-5-2)23-12-10-19-24-15-16(3)26-19/h6-8,14-15H,4-5,9-13H2,1-3H3,(H2,21,22,23). The minimum absolute atomic E-state index is 0.739. The highest BCUT2D eigenvalue weighted by molar-refractivity contribution is 7.11. The third-order valence-electron chi connectivity index (χ3n) is 3.69. The molecule has 1 heterocycles. The van der Waals surface area contributed by atoms with Gasteiger partial charge in [-0.05, 0) is 44.4 Å². The first-order valence-electron chi connectivity index (χ1n) is 9.36. The van der Waals surface area contributed by atoms with Crippen LogP contribution in [0.1, 0.15) is 35.7 Å². The summed E-state index contributed by atoms with van der Waals surface area (Å²) in [5, 5.41) is 7.85. The van der Waals surface area contributed by atoms with E-state index in [4.69, 9.17) is 4.74 Å². The van der Waals surface area contributed by atoms with Gasteiger partial charge in [0.1, 0.15) is 5.75 Å². The summed E-state index contributed by atoms with van der Waals surface area (Å²) in [7, 11) is 0. The van der Waals surface area contributed by atoms with Crippen molar-refractivity contribution in [3.05, 3.63) is 45.9 Å². The van der Waals surface area contributed by atoms with Crippen LogP contribution in [0, 0.1) is 6.92 Å². The molecule has 0 aliphatic rings. The molecule has 0 amide bonds. The first-order chi connectivity index (χ1) is 12.7. The molecule has 0 unspecified atom stereocenters. The third kappa shape index (κ3) is 7.44. The van der Waals surface area contributed by atoms with Gasteiger partial charge >= 0.3 is 0 Å². The summed E-state index contributed by atoms with van der Waals surface area (Å²) in [4.78, 5) is 10.3. The minimum Gasteiger partial charge on any atom is -0.494 e. The number of aromatic nitrogens is 1. The largest absolute Gasteiger partial charge is 0.494 e. The first kappa shape index (κ1) is 20.2. The number of hydrogen-bond acceptors (Lipinski definition) is 4. The first-order valence-corrected chi connectivity index (χ1v) is 10.2. The number of guanidine groups is 1. The van der Waals surface area contributed by atoms with Crippen LogP contribution in [0.4, 0.5) is 0 Å². The Labute approximate surface area is 160 Å². The molecule has 1 aromatic heterocycles. The molecule has 2 N–H and O–H groups in total. The second kappa shape index (κ2) is 11.5. The molecule has 5 nitrogen and oxygen atoms in total. The van der Waals surface area contributed by atoms with Gasteiger partial charge in [-0.2, -0.15) is 0 Å². The lowest BCUT2D eigenvalue weighted by atomic mass is 10.1. The van der Waals surface area contributed by atoms with E-state index in [1.165, 1.54) is 10.4 Å². The predicted molar refractivity (Wildman–Crippen MR) is 110 cm³/mol. The van der Waals surface area contributed by atoms with Crippen molar-refractivity contribution in [3.8, 4) is 5.75 Å². The Hall–Kier alpha value is -2.08. The van der Waals surface area contributed by atoms with E-state index < -0.39 is 0 Å². The fourth-order valence-corrected chi connectivity index (χ4v) is 3.23. The lowest BCUT2D eigenvalue weighted by Crippen LogP contribution is -2.38. The molecule has 0 bridgehead atoms. The molecule has 0 aliphatic carbocycles. The molecule has 26 heavy (non-hydrogen) atoms. The zero-order valence-electron chi connectivity index (χ0n) is 16.0. The zero-order chi connectivity index (χ0) is 18.6. The smallest absolute Gasteiger partial charge is 0.191 e. The number of nitrogens with one attached hydrogen (secondary N) is 2. The monoisotopic (exact) mass is 374 g/mol. The van der Waals surface area contributed by atoms with Crippen molar-refractivity contribution in [1.82, 2.24) is 15.6 Å². The second-order valence-electron chi connectivity index (χ2n) is 6.05. The van der Waals surface area contributed by atoms with Crippen LogP contribution in [0.5, 0.6) is 5.75 Å². The van der Waals surface area contributed by atoms with Crippen molar-refractivity contribution in [2.24, 2.45) is 4.99 Å². The average molecular weight is 375 g/mol. The van der Waals surface area contributed by atoms with Crippen molar-refractivity contribution in [2.45, 2.75) is 40.0 Å². The summed E-state index contributed by atoms with van der Waals surface area (Å²) in [6, 6.07) is 8.32. The van der Waals surface area contributed by atoms with E-state index in [1.807, 2.05) is 12.3 Å². The molecule has 142 valence electrons. The van der Waals surface area contributed by atoms with E-state index >= 15 is 0 Å². The molecule has 0 fully saturated rings. The van der Waals surface area contributed by atoms with Crippen molar-refractivity contribution < 1.29 is 4.74 Å². The van der Waals surface area contributed by atoms with Gasteiger partial charge in [0.2, 0.25) is 0 Å². The number of hydrogen-bond donors (Lipinski definition) is 2. The van der Waals surface area contributed by atoms with Gasteiger partial charge in [0, 0.05) is 37.1 Å². The maximum atomic E-state index is 5.70. The fraction of sp³-hybridized carbons (Fsp3) is 0.500. The van der Waals surface area contributed by atoms with Crippen LogP contribution in [0.25, 0.3) is 0 Å². The summed E-state index contributed by atoms with van der Waals surface area (Å²) in [6.07, 6.45) is 4.76. The number of ether oxygens (including phenoxy) is 1. The van der Waals surface area contributed by atoms with Crippen LogP contribution in [0.15, 0.2) is 35.5 Å². The third-order valence-corrected chi connectivity index (χ3v) is 4.66. The Balaban J connectivity index is 1.79. The molecule has 0 saturated heterocycles. The summed E-state index contributed by atoms with van der Waals surface area (Å²) in [6.45, 7) is 9.46. The summed E-state index contributed by atoms with van der Waals surface area (Å²) in [5.74, 6) is 1.81. The molecule has 2 rings (SSSR count). The van der Waals surface area contributed by atoms with Crippen molar-refractivity contribution in [1.29, 1.82) is 0 Å². The highest BCUT2D eigenvalue weighted by Crippen LogP contribution is 2.14. The van der Waals surface area contributed by atoms with E-state index in [0.29, 0.717) is 0 Å². The van der Waals surface area contributed by atoms with E-state index in [9.17, 15) is 0 Å². The number of benzene rings is 1. The molecular weight excluding hydrogens is 344 g/mol. The second-order valence-corrected chi connectivity index (χ2v) is 7.37. The average Bonchev–Trinajstić information content (AvgIpc) is 3.05. The van der Waals surface area contributed by atoms with Gasteiger partial charge in [-0.15, -0.1) is 11.3 Å². The Morgan fingerprint density at radius 1 is 1.23 bits per heavy atom. The Morgan fingerprint density at radius 3 is 2.85 bits per heavy atom. The maximum Gasteiger partial charge on any atom is 0.191 e. The molecule has 2 aromatic rings. The number of aliphatic imine (C=N–C) groups is 1. The van der Waals surface area contributed by atoms with Crippen LogP contribution in [-0.2, 0) is 12.8 Å². The molecule has 0 aliphatic heterocycles. The Morgan fingerprint density at radius 2 is 2.12 bits per heavy atom. The van der Waals surface area contributed by atoms with Crippen molar-refractivity contribution in [2.75, 3.05) is 26.2 Å². The van der Waals surface area contributed by atoms with E-state index in [0.717, 1.165) is 62.2 Å². The zero-order valence-corrected chi connectivity index (χ0v) is 16.9. The van der Waals surface area contributed by atoms with Gasteiger partial charge in [-0.1, -0.05) is 19.1 Å². The van der Waals surface area contributed by atoms with Crippen LogP contribution < -0.4 is 15.4 Å². The Bertz CT molecular complexity index is 684. The van der Waals surface area contributed by atoms with Crippen molar-refractivity contribution >= 4 is 17.3 Å². The number of thiazole rings is 1. The van der Waals surface area contributed by atoms with E-state index in [1.54, 1.807) is 11.3 Å². The quantitative estimate of drug-likeness (QED) is 0.493. The molecule has 0 saturated carbocycles. The molecular formula is C20H30N4OS. The number of rotatable bonds is 10. The SMILES string of the molecule is CCCOc1cccc(CCNC(=NCCc2ncc(C)s2)NCC)c1. The van der Waals surface area contributed by atoms with Crippen LogP contribution in [-0.4, -0.2) is 37.2 Å². The van der Waals surface area contributed by atoms with Crippen LogP contribution >= 0.6 is 11.3 Å². The lowest BCUT2D eigenvalue weighted by molar-refractivity contribution is 0.317. The summed E-state index contributed by atoms with van der Waals surface area (Å²) in [5.41, 5.74) is 1.26. The number of aryl methyl sites for hydroxylation is 1. The van der Waals surface area contributed by atoms with Crippen molar-refractivity contribution in [3.63, 3.8) is 0 Å². The predicted octanol–water partition coefficient (Wildman–Crippen LogP) is 3.58. The molecule has 0 radical (unpaired) electrons. The minimum atomic E-state index is 0.739. The topological polar surface area (TPSA) is 58.5 Å². The maximum absolute atomic E-state index is 5.70. The van der Waals surface area contributed by atoms with Gasteiger partial charge < -0.3 is 15.4 Å². The normalized spacial score (nSPS) is 11.4. The van der Waals surface area contributed by atoms with Crippen LogP contribution in [0.2, 0.25) is 0 Å². The summed E-state index contributed by atoms with van der Waals surface area (Å²) < 4.78 is 5.70. The molecule has 0 spiro atoms. The van der Waals surface area contributed by atoms with Gasteiger partial charge in [-0.25, -0.2) is 4.98 Å². The van der Waals surface area contributed by atoms with Gasteiger partial charge in [0.15, 0.2) is 5.96 Å². The van der Waals surface area contributed by atoms with Crippen LogP contribution in [0.3, 0.4) is 0 Å². The van der Waals surface area contributed by atoms with Gasteiger partial charge in [0.05, 0.1) is 11.6 Å².